The van der Waals surface area contributed by atoms with Crippen molar-refractivity contribution >= 4 is 45.2 Å². The van der Waals surface area contributed by atoms with Gasteiger partial charge in [0.05, 0.1) is 6.61 Å². The molecular formula is C19H36O3S3. The fourth-order valence-electron chi connectivity index (χ4n) is 2.34. The van der Waals surface area contributed by atoms with Crippen LogP contribution in [0.25, 0.3) is 0 Å². The van der Waals surface area contributed by atoms with Crippen LogP contribution in [0, 0.1) is 0 Å². The van der Waals surface area contributed by atoms with Crippen LogP contribution in [0.3, 0.4) is 0 Å². The van der Waals surface area contributed by atoms with Crippen molar-refractivity contribution in [2.24, 2.45) is 0 Å². The lowest BCUT2D eigenvalue weighted by Gasteiger charge is -2.21. The van der Waals surface area contributed by atoms with Gasteiger partial charge in [0.15, 0.2) is 0 Å². The third-order valence-electron chi connectivity index (χ3n) is 3.87. The number of rotatable bonds is 15. The molecule has 3 nitrogen and oxygen atoms in total. The summed E-state index contributed by atoms with van der Waals surface area (Å²) >= 11 is 8.41. The first-order chi connectivity index (χ1) is 11.9. The zero-order valence-corrected chi connectivity index (χ0v) is 18.6. The van der Waals surface area contributed by atoms with E-state index in [-0.39, 0.29) is 19.2 Å². The number of thiocarbonyl (C=S) groups is 1. The Morgan fingerprint density at radius 3 is 2.04 bits per heavy atom. The third kappa shape index (κ3) is 15.0. The highest BCUT2D eigenvalue weighted by molar-refractivity contribution is 8.47. The molecule has 0 fully saturated rings. The van der Waals surface area contributed by atoms with Crippen LogP contribution in [-0.4, -0.2) is 38.3 Å². The normalized spacial score (nSPS) is 11.5. The number of unbranched alkanes of at least 4 members (excludes halogenated alkanes) is 9. The zero-order valence-electron chi connectivity index (χ0n) is 16.2. The van der Waals surface area contributed by atoms with E-state index in [0.717, 1.165) is 9.28 Å². The molecule has 0 aliphatic rings. The van der Waals surface area contributed by atoms with Crippen molar-refractivity contribution in [1.82, 2.24) is 0 Å². The number of thioether (sulfide) groups is 2. The van der Waals surface area contributed by atoms with Gasteiger partial charge in [0.1, 0.15) is 14.9 Å². The number of aliphatic hydroxyl groups excluding tert-OH is 1. The minimum atomic E-state index is -0.697. The quantitative estimate of drug-likeness (QED) is 0.204. The molecule has 0 bridgehead atoms. The SMILES string of the molecule is CCCCCCCCCCCCSC(=S)SC(C)(C)C(=O)OCCO. The summed E-state index contributed by atoms with van der Waals surface area (Å²) in [6, 6.07) is 0. The van der Waals surface area contributed by atoms with E-state index in [1.807, 2.05) is 13.8 Å². The Morgan fingerprint density at radius 1 is 1.00 bits per heavy atom. The first kappa shape index (κ1) is 25.2. The number of hydrogen-bond donors (Lipinski definition) is 1. The highest BCUT2D eigenvalue weighted by atomic mass is 32.2. The standard InChI is InChI=1S/C19H36O3S3/c1-4-5-6-7-8-9-10-11-12-13-16-24-18(23)25-19(2,3)17(21)22-15-14-20/h20H,4-16H2,1-3H3. The van der Waals surface area contributed by atoms with Crippen LogP contribution in [-0.2, 0) is 9.53 Å². The van der Waals surface area contributed by atoms with Gasteiger partial charge in [-0.2, -0.15) is 0 Å². The van der Waals surface area contributed by atoms with Crippen molar-refractivity contribution in [3.8, 4) is 0 Å². The summed E-state index contributed by atoms with van der Waals surface area (Å²) < 4.78 is 5.09. The molecule has 0 unspecified atom stereocenters. The molecule has 0 heterocycles. The van der Waals surface area contributed by atoms with E-state index in [9.17, 15) is 4.79 Å². The highest BCUT2D eigenvalue weighted by Crippen LogP contribution is 2.32. The van der Waals surface area contributed by atoms with Crippen LogP contribution >= 0.6 is 35.7 Å². The molecule has 6 heteroatoms. The Kier molecular flexibility index (Phi) is 16.5. The molecule has 0 aromatic rings. The monoisotopic (exact) mass is 408 g/mol. The van der Waals surface area contributed by atoms with E-state index in [0.29, 0.717) is 0 Å². The van der Waals surface area contributed by atoms with Crippen LogP contribution < -0.4 is 0 Å². The second-order valence-electron chi connectivity index (χ2n) is 6.75. The molecule has 25 heavy (non-hydrogen) atoms. The molecule has 0 aliphatic carbocycles. The number of aliphatic hydroxyl groups is 1. The average Bonchev–Trinajstić information content (AvgIpc) is 2.57. The number of ether oxygens (including phenoxy) is 1. The minimum Gasteiger partial charge on any atom is -0.462 e. The van der Waals surface area contributed by atoms with Gasteiger partial charge in [-0.1, -0.05) is 88.7 Å². The number of carbonyl (C=O) groups excluding carboxylic acids is 1. The molecule has 1 N–H and O–H groups in total. The van der Waals surface area contributed by atoms with Crippen LogP contribution in [0.1, 0.15) is 85.0 Å². The van der Waals surface area contributed by atoms with Crippen LogP contribution in [0.2, 0.25) is 0 Å². The number of hydrogen-bond acceptors (Lipinski definition) is 6. The summed E-state index contributed by atoms with van der Waals surface area (Å²) in [7, 11) is 0. The summed E-state index contributed by atoms with van der Waals surface area (Å²) in [6.45, 7) is 5.77. The summed E-state index contributed by atoms with van der Waals surface area (Å²) in [4.78, 5) is 11.9. The maximum absolute atomic E-state index is 11.9. The third-order valence-corrected chi connectivity index (χ3v) is 6.65. The van der Waals surface area contributed by atoms with Crippen molar-refractivity contribution < 1.29 is 14.6 Å². The van der Waals surface area contributed by atoms with Crippen molar-refractivity contribution in [3.63, 3.8) is 0 Å². The summed E-state index contributed by atoms with van der Waals surface area (Å²) in [5.41, 5.74) is 0. The molecule has 0 saturated heterocycles. The van der Waals surface area contributed by atoms with Gasteiger partial charge in [-0.15, -0.1) is 11.8 Å². The summed E-state index contributed by atoms with van der Waals surface area (Å²) in [6.07, 6.45) is 13.3. The Hall–Kier alpha value is 0.220. The van der Waals surface area contributed by atoms with Gasteiger partial charge in [0.2, 0.25) is 0 Å². The molecular weight excluding hydrogens is 372 g/mol. The molecule has 148 valence electrons. The molecule has 0 aromatic heterocycles. The Balaban J connectivity index is 3.59. The molecule has 0 spiro atoms. The fraction of sp³-hybridized carbons (Fsp3) is 0.895. The molecule has 0 radical (unpaired) electrons. The molecule has 0 amide bonds. The maximum Gasteiger partial charge on any atom is 0.322 e. The van der Waals surface area contributed by atoms with Crippen molar-refractivity contribution in [1.29, 1.82) is 0 Å². The van der Waals surface area contributed by atoms with E-state index >= 15 is 0 Å². The van der Waals surface area contributed by atoms with Crippen LogP contribution in [0.15, 0.2) is 0 Å². The van der Waals surface area contributed by atoms with E-state index < -0.39 is 4.75 Å². The van der Waals surface area contributed by atoms with Crippen molar-refractivity contribution in [2.45, 2.75) is 89.7 Å². The number of carbonyl (C=O) groups is 1. The highest BCUT2D eigenvalue weighted by Gasteiger charge is 2.31. The lowest BCUT2D eigenvalue weighted by atomic mass is 10.1. The van der Waals surface area contributed by atoms with E-state index in [1.54, 1.807) is 11.8 Å². The van der Waals surface area contributed by atoms with Crippen molar-refractivity contribution in [2.75, 3.05) is 19.0 Å². The topological polar surface area (TPSA) is 46.5 Å². The van der Waals surface area contributed by atoms with Gasteiger partial charge in [-0.3, -0.25) is 4.79 Å². The molecule has 0 atom stereocenters. The van der Waals surface area contributed by atoms with E-state index in [2.05, 4.69) is 6.92 Å². The summed E-state index contributed by atoms with van der Waals surface area (Å²) in [5, 5.41) is 8.72. The molecule has 0 aromatic carbocycles. The van der Waals surface area contributed by atoms with E-state index in [1.165, 1.54) is 76.0 Å². The van der Waals surface area contributed by atoms with E-state index in [4.69, 9.17) is 22.1 Å². The second-order valence-corrected chi connectivity index (χ2v) is 10.7. The fourth-order valence-corrected chi connectivity index (χ4v) is 5.40. The molecule has 0 rings (SSSR count). The Bertz CT molecular complexity index is 360. The maximum atomic E-state index is 11.9. The Labute approximate surface area is 168 Å². The van der Waals surface area contributed by atoms with Gasteiger partial charge in [0, 0.05) is 0 Å². The average molecular weight is 409 g/mol. The first-order valence-corrected chi connectivity index (χ1v) is 11.8. The lowest BCUT2D eigenvalue weighted by molar-refractivity contribution is -0.146. The van der Waals surface area contributed by atoms with Gasteiger partial charge < -0.3 is 9.84 Å². The molecule has 0 aliphatic heterocycles. The number of esters is 1. The van der Waals surface area contributed by atoms with Crippen LogP contribution in [0.4, 0.5) is 0 Å². The second kappa shape index (κ2) is 16.4. The van der Waals surface area contributed by atoms with Gasteiger partial charge in [-0.05, 0) is 26.0 Å². The Morgan fingerprint density at radius 2 is 1.52 bits per heavy atom. The minimum absolute atomic E-state index is 0.0430. The predicted octanol–water partition coefficient (Wildman–Crippen LogP) is 5.97. The predicted molar refractivity (Wildman–Crippen MR) is 117 cm³/mol. The smallest absolute Gasteiger partial charge is 0.322 e. The van der Waals surface area contributed by atoms with Crippen molar-refractivity contribution in [3.05, 3.63) is 0 Å². The van der Waals surface area contributed by atoms with Crippen LogP contribution in [0.5, 0.6) is 0 Å². The largest absolute Gasteiger partial charge is 0.462 e. The molecule has 0 saturated carbocycles. The lowest BCUT2D eigenvalue weighted by Crippen LogP contribution is -2.31. The zero-order chi connectivity index (χ0) is 19.0. The summed E-state index contributed by atoms with van der Waals surface area (Å²) in [5.74, 6) is 0.692. The first-order valence-electron chi connectivity index (χ1n) is 9.58. The van der Waals surface area contributed by atoms with Gasteiger partial charge in [-0.25, -0.2) is 0 Å². The van der Waals surface area contributed by atoms with Gasteiger partial charge in [0.25, 0.3) is 0 Å². The van der Waals surface area contributed by atoms with Gasteiger partial charge >= 0.3 is 5.97 Å².